The molecule has 0 radical (unpaired) electrons. The Morgan fingerprint density at radius 2 is 1.87 bits per heavy atom. The van der Waals surface area contributed by atoms with Crippen LogP contribution in [0.4, 0.5) is 5.69 Å². The summed E-state index contributed by atoms with van der Waals surface area (Å²) in [5, 5.41) is 10.8. The largest absolute Gasteiger partial charge is 0.495 e. The summed E-state index contributed by atoms with van der Waals surface area (Å²) >= 11 is 0. The molecule has 1 aromatic rings. The van der Waals surface area contributed by atoms with E-state index in [0.29, 0.717) is 0 Å². The van der Waals surface area contributed by atoms with Gasteiger partial charge in [-0.15, -0.1) is 0 Å². The molecule has 1 rings (SSSR count). The van der Waals surface area contributed by atoms with Crippen molar-refractivity contribution in [2.45, 2.75) is 32.3 Å². The van der Waals surface area contributed by atoms with Crippen LogP contribution in [0.3, 0.4) is 0 Å². The standard InChI is InChI=1S/C14H18N2O7/c1-14(2,3)23-13(18)10(12(17)22-5)11-9(21-4)6-8(7-15-11)16(19)20/h6-7,10H,1-5H3. The van der Waals surface area contributed by atoms with Gasteiger partial charge in [-0.05, 0) is 20.8 Å². The molecular weight excluding hydrogens is 308 g/mol. The average Bonchev–Trinajstić information content (AvgIpc) is 2.45. The van der Waals surface area contributed by atoms with Gasteiger partial charge in [0.2, 0.25) is 0 Å². The monoisotopic (exact) mass is 326 g/mol. The van der Waals surface area contributed by atoms with Crippen molar-refractivity contribution in [2.24, 2.45) is 0 Å². The zero-order chi connectivity index (χ0) is 17.8. The molecule has 0 aliphatic carbocycles. The Morgan fingerprint density at radius 1 is 1.26 bits per heavy atom. The summed E-state index contributed by atoms with van der Waals surface area (Å²) in [5.41, 5.74) is -1.28. The van der Waals surface area contributed by atoms with Gasteiger partial charge < -0.3 is 14.2 Å². The van der Waals surface area contributed by atoms with Crippen molar-refractivity contribution in [1.29, 1.82) is 0 Å². The highest BCUT2D eigenvalue weighted by molar-refractivity contribution is 6.01. The number of ether oxygens (including phenoxy) is 3. The first-order valence-corrected chi connectivity index (χ1v) is 6.59. The first-order chi connectivity index (χ1) is 10.6. The normalized spacial score (nSPS) is 12.2. The van der Waals surface area contributed by atoms with Crippen LogP contribution in [0.5, 0.6) is 5.75 Å². The predicted octanol–water partition coefficient (Wildman–Crippen LogP) is 1.60. The maximum absolute atomic E-state index is 12.3. The summed E-state index contributed by atoms with van der Waals surface area (Å²) in [6, 6.07) is 1.07. The fourth-order valence-corrected chi connectivity index (χ4v) is 1.72. The van der Waals surface area contributed by atoms with Crippen LogP contribution >= 0.6 is 0 Å². The molecule has 0 N–H and O–H groups in total. The van der Waals surface area contributed by atoms with Crippen LogP contribution in [0.15, 0.2) is 12.3 Å². The van der Waals surface area contributed by atoms with Crippen LogP contribution < -0.4 is 4.74 Å². The molecule has 0 bridgehead atoms. The molecule has 0 amide bonds. The van der Waals surface area contributed by atoms with Crippen molar-refractivity contribution in [3.05, 3.63) is 28.1 Å². The summed E-state index contributed by atoms with van der Waals surface area (Å²) in [5.74, 6) is -3.38. The summed E-state index contributed by atoms with van der Waals surface area (Å²) in [6.07, 6.45) is 0.929. The van der Waals surface area contributed by atoms with E-state index in [-0.39, 0.29) is 17.1 Å². The van der Waals surface area contributed by atoms with Crippen molar-refractivity contribution in [2.75, 3.05) is 14.2 Å². The summed E-state index contributed by atoms with van der Waals surface area (Å²) in [7, 11) is 2.35. The fraction of sp³-hybridized carbons (Fsp3) is 0.500. The SMILES string of the molecule is COC(=O)C(C(=O)OC(C)(C)C)c1ncc([N+](=O)[O-])cc1OC. The third-order valence-corrected chi connectivity index (χ3v) is 2.65. The number of methoxy groups -OCH3 is 2. The van der Waals surface area contributed by atoms with E-state index >= 15 is 0 Å². The molecule has 0 saturated heterocycles. The quantitative estimate of drug-likeness (QED) is 0.346. The predicted molar refractivity (Wildman–Crippen MR) is 78.0 cm³/mol. The van der Waals surface area contributed by atoms with Gasteiger partial charge >= 0.3 is 11.9 Å². The molecule has 1 heterocycles. The number of carbonyl (C=O) groups is 2. The number of hydrogen-bond acceptors (Lipinski definition) is 8. The molecule has 0 aliphatic rings. The van der Waals surface area contributed by atoms with E-state index in [4.69, 9.17) is 9.47 Å². The third kappa shape index (κ3) is 4.63. The van der Waals surface area contributed by atoms with E-state index in [1.165, 1.54) is 7.11 Å². The highest BCUT2D eigenvalue weighted by Gasteiger charge is 2.37. The van der Waals surface area contributed by atoms with Gasteiger partial charge in [-0.3, -0.25) is 19.7 Å². The highest BCUT2D eigenvalue weighted by Crippen LogP contribution is 2.30. The maximum atomic E-state index is 12.3. The van der Waals surface area contributed by atoms with Gasteiger partial charge in [0.15, 0.2) is 5.92 Å². The van der Waals surface area contributed by atoms with Gasteiger partial charge in [0.25, 0.3) is 5.69 Å². The van der Waals surface area contributed by atoms with E-state index < -0.39 is 28.4 Å². The summed E-state index contributed by atoms with van der Waals surface area (Å²) in [6.45, 7) is 4.92. The van der Waals surface area contributed by atoms with E-state index in [1.54, 1.807) is 20.8 Å². The van der Waals surface area contributed by atoms with E-state index in [9.17, 15) is 19.7 Å². The lowest BCUT2D eigenvalue weighted by Crippen LogP contribution is -2.32. The molecule has 0 fully saturated rings. The Bertz CT molecular complexity index is 622. The van der Waals surface area contributed by atoms with Gasteiger partial charge in [-0.1, -0.05) is 0 Å². The van der Waals surface area contributed by atoms with Crippen LogP contribution in [0.25, 0.3) is 0 Å². The molecule has 9 heteroatoms. The number of esters is 2. The van der Waals surface area contributed by atoms with E-state index in [2.05, 4.69) is 9.72 Å². The molecule has 9 nitrogen and oxygen atoms in total. The minimum atomic E-state index is -1.50. The molecule has 0 saturated carbocycles. The topological polar surface area (TPSA) is 118 Å². The van der Waals surface area contributed by atoms with Crippen LogP contribution in [-0.4, -0.2) is 41.7 Å². The van der Waals surface area contributed by atoms with Crippen molar-refractivity contribution < 1.29 is 28.7 Å². The fourth-order valence-electron chi connectivity index (χ4n) is 1.72. The number of rotatable bonds is 5. The summed E-state index contributed by atoms with van der Waals surface area (Å²) < 4.78 is 14.8. The molecule has 0 spiro atoms. The lowest BCUT2D eigenvalue weighted by Gasteiger charge is -2.23. The van der Waals surface area contributed by atoms with Gasteiger partial charge in [-0.2, -0.15) is 0 Å². The second-order valence-corrected chi connectivity index (χ2v) is 5.53. The minimum absolute atomic E-state index is 0.0829. The molecule has 1 unspecified atom stereocenters. The molecule has 126 valence electrons. The van der Waals surface area contributed by atoms with Gasteiger partial charge in [0, 0.05) is 0 Å². The van der Waals surface area contributed by atoms with E-state index in [1.807, 2.05) is 0 Å². The van der Waals surface area contributed by atoms with Crippen molar-refractivity contribution >= 4 is 17.6 Å². The van der Waals surface area contributed by atoms with Crippen molar-refractivity contribution in [1.82, 2.24) is 4.98 Å². The minimum Gasteiger partial charge on any atom is -0.495 e. The molecule has 1 atom stereocenters. The summed E-state index contributed by atoms with van der Waals surface area (Å²) in [4.78, 5) is 38.2. The number of hydrogen-bond donors (Lipinski definition) is 0. The second-order valence-electron chi connectivity index (χ2n) is 5.53. The molecule has 0 aliphatic heterocycles. The number of carbonyl (C=O) groups excluding carboxylic acids is 2. The lowest BCUT2D eigenvalue weighted by molar-refractivity contribution is -0.385. The lowest BCUT2D eigenvalue weighted by atomic mass is 10.0. The molecule has 0 aromatic carbocycles. The van der Waals surface area contributed by atoms with E-state index in [0.717, 1.165) is 19.4 Å². The highest BCUT2D eigenvalue weighted by atomic mass is 16.6. The zero-order valence-electron chi connectivity index (χ0n) is 13.5. The second kappa shape index (κ2) is 7.03. The average molecular weight is 326 g/mol. The number of aromatic nitrogens is 1. The maximum Gasteiger partial charge on any atom is 0.327 e. The number of nitro groups is 1. The van der Waals surface area contributed by atoms with Gasteiger partial charge in [-0.25, -0.2) is 4.98 Å². The zero-order valence-corrected chi connectivity index (χ0v) is 13.5. The molecular formula is C14H18N2O7. The Labute approximate surface area is 132 Å². The van der Waals surface area contributed by atoms with Gasteiger partial charge in [0.05, 0.1) is 25.2 Å². The smallest absolute Gasteiger partial charge is 0.327 e. The Kier molecular flexibility index (Phi) is 5.61. The van der Waals surface area contributed by atoms with Gasteiger partial charge in [0.1, 0.15) is 23.2 Å². The Balaban J connectivity index is 3.35. The van der Waals surface area contributed by atoms with Crippen molar-refractivity contribution in [3.8, 4) is 5.75 Å². The molecule has 23 heavy (non-hydrogen) atoms. The first kappa shape index (κ1) is 18.3. The Hall–Kier alpha value is -2.71. The molecule has 1 aromatic heterocycles. The Morgan fingerprint density at radius 3 is 2.30 bits per heavy atom. The van der Waals surface area contributed by atoms with Crippen LogP contribution in [0.2, 0.25) is 0 Å². The van der Waals surface area contributed by atoms with Crippen LogP contribution in [-0.2, 0) is 19.1 Å². The van der Waals surface area contributed by atoms with Crippen LogP contribution in [0, 0.1) is 10.1 Å². The van der Waals surface area contributed by atoms with Crippen LogP contribution in [0.1, 0.15) is 32.4 Å². The number of pyridine rings is 1. The van der Waals surface area contributed by atoms with Crippen molar-refractivity contribution in [3.63, 3.8) is 0 Å². The first-order valence-electron chi connectivity index (χ1n) is 6.59. The number of nitrogens with zero attached hydrogens (tertiary/aromatic N) is 2. The third-order valence-electron chi connectivity index (χ3n) is 2.65.